The van der Waals surface area contributed by atoms with Crippen LogP contribution >= 0.6 is 0 Å². The van der Waals surface area contributed by atoms with Crippen LogP contribution in [0.15, 0.2) is 30.3 Å². The normalized spacial score (nSPS) is 30.1. The first-order chi connectivity index (χ1) is 8.84. The zero-order chi connectivity index (χ0) is 12.4. The molecule has 3 atom stereocenters. The van der Waals surface area contributed by atoms with Crippen LogP contribution in [0.25, 0.3) is 0 Å². The summed E-state index contributed by atoms with van der Waals surface area (Å²) in [6, 6.07) is 12.8. The van der Waals surface area contributed by atoms with E-state index in [0.717, 1.165) is 6.04 Å². The second-order valence-corrected chi connectivity index (χ2v) is 5.79. The van der Waals surface area contributed by atoms with Crippen LogP contribution in [0, 0.1) is 0 Å². The van der Waals surface area contributed by atoms with E-state index in [1.807, 2.05) is 0 Å². The highest BCUT2D eigenvalue weighted by atomic mass is 15.2. The number of fused-ring (bicyclic) bond motifs is 1. The van der Waals surface area contributed by atoms with E-state index < -0.39 is 0 Å². The fourth-order valence-electron chi connectivity index (χ4n) is 3.60. The van der Waals surface area contributed by atoms with Gasteiger partial charge < -0.3 is 5.32 Å². The molecule has 1 N–H and O–H groups in total. The molecule has 0 aliphatic carbocycles. The van der Waals surface area contributed by atoms with E-state index in [9.17, 15) is 0 Å². The van der Waals surface area contributed by atoms with Crippen LogP contribution in [0.3, 0.4) is 0 Å². The molecule has 1 aromatic rings. The van der Waals surface area contributed by atoms with E-state index in [0.29, 0.717) is 12.1 Å². The Hall–Kier alpha value is -0.860. The van der Waals surface area contributed by atoms with Crippen LogP contribution in [-0.4, -0.2) is 30.1 Å². The van der Waals surface area contributed by atoms with E-state index in [1.165, 1.54) is 44.3 Å². The maximum Gasteiger partial charge on any atom is 0.0295 e. The summed E-state index contributed by atoms with van der Waals surface area (Å²) >= 11 is 0. The maximum atomic E-state index is 3.85. The summed E-state index contributed by atoms with van der Waals surface area (Å²) < 4.78 is 0. The number of rotatable bonds is 3. The fraction of sp³-hybridized carbons (Fsp3) is 0.625. The van der Waals surface area contributed by atoms with Crippen molar-refractivity contribution in [2.24, 2.45) is 0 Å². The zero-order valence-corrected chi connectivity index (χ0v) is 11.3. The molecule has 0 aromatic heterocycles. The predicted octanol–water partition coefficient (Wildman–Crippen LogP) is 2.96. The van der Waals surface area contributed by atoms with Crippen molar-refractivity contribution >= 4 is 0 Å². The minimum Gasteiger partial charge on any atom is -0.306 e. The van der Waals surface area contributed by atoms with Crippen molar-refractivity contribution in [3.63, 3.8) is 0 Å². The third kappa shape index (κ3) is 2.45. The second-order valence-electron chi connectivity index (χ2n) is 5.79. The first-order valence-corrected chi connectivity index (χ1v) is 7.39. The van der Waals surface area contributed by atoms with Gasteiger partial charge in [-0.3, -0.25) is 4.90 Å². The minimum absolute atomic E-state index is 0.470. The maximum absolute atomic E-state index is 3.85. The summed E-state index contributed by atoms with van der Waals surface area (Å²) in [5, 5.41) is 3.85. The van der Waals surface area contributed by atoms with E-state index in [4.69, 9.17) is 0 Å². The Labute approximate surface area is 110 Å². The van der Waals surface area contributed by atoms with Crippen LogP contribution in [-0.2, 0) is 0 Å². The van der Waals surface area contributed by atoms with Gasteiger partial charge in [0.05, 0.1) is 0 Å². The molecule has 2 nitrogen and oxygen atoms in total. The topological polar surface area (TPSA) is 15.3 Å². The van der Waals surface area contributed by atoms with Crippen LogP contribution in [0.2, 0.25) is 0 Å². The number of nitrogens with one attached hydrogen (secondary N) is 1. The van der Waals surface area contributed by atoms with Crippen molar-refractivity contribution in [1.29, 1.82) is 0 Å². The Morgan fingerprint density at radius 2 is 1.94 bits per heavy atom. The Morgan fingerprint density at radius 1 is 1.11 bits per heavy atom. The summed E-state index contributed by atoms with van der Waals surface area (Å²) in [5.74, 6) is 0. The number of nitrogens with zero attached hydrogens (tertiary/aromatic N) is 1. The standard InChI is InChI=1S/C16H24N2/c1-13(14-7-3-2-4-8-14)17-15-10-12-18-11-6-5-9-16(15)18/h2-4,7-8,13,15-17H,5-6,9-12H2,1H3. The smallest absolute Gasteiger partial charge is 0.0295 e. The molecule has 0 spiro atoms. The molecular weight excluding hydrogens is 220 g/mol. The highest BCUT2D eigenvalue weighted by Crippen LogP contribution is 2.28. The SMILES string of the molecule is CC(NC1CCN2CCCCC12)c1ccccc1. The molecular formula is C16H24N2. The molecule has 0 saturated carbocycles. The number of hydrogen-bond acceptors (Lipinski definition) is 2. The monoisotopic (exact) mass is 244 g/mol. The second kappa shape index (κ2) is 5.41. The van der Waals surface area contributed by atoms with E-state index in [2.05, 4.69) is 47.5 Å². The molecule has 2 fully saturated rings. The molecule has 0 radical (unpaired) electrons. The average Bonchev–Trinajstić information content (AvgIpc) is 2.83. The van der Waals surface area contributed by atoms with E-state index >= 15 is 0 Å². The van der Waals surface area contributed by atoms with Gasteiger partial charge in [0, 0.05) is 24.7 Å². The van der Waals surface area contributed by atoms with E-state index in [-0.39, 0.29) is 0 Å². The van der Waals surface area contributed by atoms with Crippen molar-refractivity contribution in [3.05, 3.63) is 35.9 Å². The highest BCUT2D eigenvalue weighted by Gasteiger charge is 2.35. The molecule has 98 valence electrons. The number of hydrogen-bond donors (Lipinski definition) is 1. The van der Waals surface area contributed by atoms with Crippen LogP contribution in [0.4, 0.5) is 0 Å². The van der Waals surface area contributed by atoms with E-state index in [1.54, 1.807) is 0 Å². The van der Waals surface area contributed by atoms with Gasteiger partial charge in [-0.2, -0.15) is 0 Å². The largest absolute Gasteiger partial charge is 0.306 e. The fourth-order valence-corrected chi connectivity index (χ4v) is 3.60. The van der Waals surface area contributed by atoms with Crippen molar-refractivity contribution < 1.29 is 0 Å². The minimum atomic E-state index is 0.470. The molecule has 0 bridgehead atoms. The molecule has 2 saturated heterocycles. The molecule has 3 unspecified atom stereocenters. The molecule has 2 heteroatoms. The van der Waals surface area contributed by atoms with Gasteiger partial charge in [0.25, 0.3) is 0 Å². The van der Waals surface area contributed by atoms with Gasteiger partial charge in [-0.25, -0.2) is 0 Å². The third-order valence-electron chi connectivity index (χ3n) is 4.62. The van der Waals surface area contributed by atoms with Crippen LogP contribution in [0.1, 0.15) is 44.2 Å². The molecule has 18 heavy (non-hydrogen) atoms. The van der Waals surface area contributed by atoms with Gasteiger partial charge in [0.1, 0.15) is 0 Å². The Bertz CT molecular complexity index is 376. The average molecular weight is 244 g/mol. The lowest BCUT2D eigenvalue weighted by atomic mass is 9.97. The Balaban J connectivity index is 1.63. The lowest BCUT2D eigenvalue weighted by Gasteiger charge is -2.34. The van der Waals surface area contributed by atoms with Crippen molar-refractivity contribution in [3.8, 4) is 0 Å². The molecule has 1 aromatic carbocycles. The lowest BCUT2D eigenvalue weighted by Crippen LogP contribution is -2.45. The zero-order valence-electron chi connectivity index (χ0n) is 11.3. The first kappa shape index (κ1) is 12.2. The Kier molecular flexibility index (Phi) is 3.67. The summed E-state index contributed by atoms with van der Waals surface area (Å²) in [4.78, 5) is 2.69. The van der Waals surface area contributed by atoms with Crippen LogP contribution in [0.5, 0.6) is 0 Å². The number of benzene rings is 1. The summed E-state index contributed by atoms with van der Waals surface area (Å²) in [5.41, 5.74) is 1.41. The van der Waals surface area contributed by atoms with Crippen LogP contribution < -0.4 is 5.32 Å². The molecule has 3 rings (SSSR count). The van der Waals surface area contributed by atoms with Gasteiger partial charge in [-0.1, -0.05) is 36.8 Å². The summed E-state index contributed by atoms with van der Waals surface area (Å²) in [6.07, 6.45) is 5.53. The first-order valence-electron chi connectivity index (χ1n) is 7.39. The molecule has 2 aliphatic rings. The molecule has 0 amide bonds. The third-order valence-corrected chi connectivity index (χ3v) is 4.62. The van der Waals surface area contributed by atoms with Gasteiger partial charge in [-0.15, -0.1) is 0 Å². The van der Waals surface area contributed by atoms with Crippen molar-refractivity contribution in [1.82, 2.24) is 10.2 Å². The van der Waals surface area contributed by atoms with Gasteiger partial charge in [0.15, 0.2) is 0 Å². The summed E-state index contributed by atoms with van der Waals surface area (Å²) in [6.45, 7) is 4.91. The predicted molar refractivity (Wildman–Crippen MR) is 75.6 cm³/mol. The van der Waals surface area contributed by atoms with Gasteiger partial charge >= 0.3 is 0 Å². The van der Waals surface area contributed by atoms with Gasteiger partial charge in [-0.05, 0) is 38.3 Å². The van der Waals surface area contributed by atoms with Crippen molar-refractivity contribution in [2.75, 3.05) is 13.1 Å². The Morgan fingerprint density at radius 3 is 2.78 bits per heavy atom. The van der Waals surface area contributed by atoms with Gasteiger partial charge in [0.2, 0.25) is 0 Å². The van der Waals surface area contributed by atoms with Crippen molar-refractivity contribution in [2.45, 2.75) is 50.7 Å². The summed E-state index contributed by atoms with van der Waals surface area (Å²) in [7, 11) is 0. The quantitative estimate of drug-likeness (QED) is 0.879. The number of piperidine rings is 1. The molecule has 2 aliphatic heterocycles. The highest BCUT2D eigenvalue weighted by molar-refractivity contribution is 5.18. The lowest BCUT2D eigenvalue weighted by molar-refractivity contribution is 0.177. The molecule has 2 heterocycles.